The third-order valence-corrected chi connectivity index (χ3v) is 6.44. The van der Waals surface area contributed by atoms with Crippen LogP contribution in [0.2, 0.25) is 0 Å². The van der Waals surface area contributed by atoms with Gasteiger partial charge in [-0.15, -0.1) is 10.2 Å². The van der Waals surface area contributed by atoms with Crippen molar-refractivity contribution in [3.05, 3.63) is 103 Å². The molecule has 0 aliphatic rings. The lowest BCUT2D eigenvalue weighted by atomic mass is 10.1. The number of amides is 1. The second-order valence-electron chi connectivity index (χ2n) is 7.86. The summed E-state index contributed by atoms with van der Waals surface area (Å²) < 4.78 is 7.22. The largest absolute Gasteiger partial charge is 0.497 e. The molecule has 5 aromatic rings. The number of hydrogen-bond donors (Lipinski definition) is 1. The summed E-state index contributed by atoms with van der Waals surface area (Å²) in [5.74, 6) is 1.48. The zero-order chi connectivity index (χ0) is 24.7. The van der Waals surface area contributed by atoms with Crippen LogP contribution in [-0.2, 0) is 4.79 Å². The van der Waals surface area contributed by atoms with Crippen molar-refractivity contribution < 1.29 is 9.53 Å². The van der Waals surface area contributed by atoms with E-state index in [1.54, 1.807) is 19.5 Å². The van der Waals surface area contributed by atoms with Crippen LogP contribution in [0.3, 0.4) is 0 Å². The lowest BCUT2D eigenvalue weighted by Crippen LogP contribution is -2.14. The molecule has 5 rings (SSSR count). The zero-order valence-electron chi connectivity index (χ0n) is 19.5. The molecule has 0 bridgehead atoms. The Morgan fingerprint density at radius 3 is 2.22 bits per heavy atom. The number of hydrogen-bond acceptors (Lipinski definition) is 6. The van der Waals surface area contributed by atoms with Crippen molar-refractivity contribution in [2.75, 3.05) is 18.2 Å². The molecule has 0 saturated carbocycles. The van der Waals surface area contributed by atoms with Gasteiger partial charge in [0, 0.05) is 29.3 Å². The minimum absolute atomic E-state index is 0.123. The van der Waals surface area contributed by atoms with Gasteiger partial charge in [0.1, 0.15) is 5.75 Å². The Morgan fingerprint density at radius 1 is 0.833 bits per heavy atom. The van der Waals surface area contributed by atoms with E-state index in [4.69, 9.17) is 4.74 Å². The summed E-state index contributed by atoms with van der Waals surface area (Å²) in [6, 6.07) is 29.3. The Bertz CT molecular complexity index is 1440. The highest BCUT2D eigenvalue weighted by atomic mass is 32.2. The maximum atomic E-state index is 12.7. The lowest BCUT2D eigenvalue weighted by Gasteiger charge is -2.11. The van der Waals surface area contributed by atoms with Gasteiger partial charge in [-0.25, -0.2) is 0 Å². The third-order valence-electron chi connectivity index (χ3n) is 5.51. The van der Waals surface area contributed by atoms with Crippen molar-refractivity contribution in [3.63, 3.8) is 0 Å². The van der Waals surface area contributed by atoms with Crippen LogP contribution < -0.4 is 10.1 Å². The predicted molar refractivity (Wildman–Crippen MR) is 142 cm³/mol. The monoisotopic (exact) mass is 493 g/mol. The number of aromatic nitrogens is 4. The summed E-state index contributed by atoms with van der Waals surface area (Å²) in [6.45, 7) is 0. The van der Waals surface area contributed by atoms with E-state index >= 15 is 0 Å². The van der Waals surface area contributed by atoms with Gasteiger partial charge in [-0.1, -0.05) is 54.2 Å². The molecule has 2 heterocycles. The molecule has 3 aromatic carbocycles. The predicted octanol–water partition coefficient (Wildman–Crippen LogP) is 5.74. The summed E-state index contributed by atoms with van der Waals surface area (Å²) in [7, 11) is 1.63. The Balaban J connectivity index is 1.32. The summed E-state index contributed by atoms with van der Waals surface area (Å²) in [6.07, 6.45) is 3.43. The first-order valence-electron chi connectivity index (χ1n) is 11.3. The van der Waals surface area contributed by atoms with E-state index in [1.165, 1.54) is 11.8 Å². The van der Waals surface area contributed by atoms with Gasteiger partial charge in [-0.05, 0) is 59.7 Å². The highest BCUT2D eigenvalue weighted by Crippen LogP contribution is 2.29. The van der Waals surface area contributed by atoms with Crippen molar-refractivity contribution in [3.8, 4) is 34.0 Å². The molecule has 7 nitrogen and oxygen atoms in total. The number of carbonyl (C=O) groups excluding carboxylic acids is 1. The van der Waals surface area contributed by atoms with Crippen molar-refractivity contribution in [1.29, 1.82) is 0 Å². The minimum atomic E-state index is -0.123. The fourth-order valence-corrected chi connectivity index (χ4v) is 4.47. The number of thioether (sulfide) groups is 1. The van der Waals surface area contributed by atoms with Crippen LogP contribution in [0.25, 0.3) is 28.2 Å². The Kier molecular flexibility index (Phi) is 7.05. The Labute approximate surface area is 213 Å². The number of nitrogens with one attached hydrogen (secondary N) is 1. The fourth-order valence-electron chi connectivity index (χ4n) is 3.72. The lowest BCUT2D eigenvalue weighted by molar-refractivity contribution is -0.113. The van der Waals surface area contributed by atoms with E-state index in [1.807, 2.05) is 83.4 Å². The molecule has 0 saturated heterocycles. The van der Waals surface area contributed by atoms with Gasteiger partial charge in [-0.3, -0.25) is 14.3 Å². The maximum absolute atomic E-state index is 12.7. The SMILES string of the molecule is COc1ccc(-n2c(SCC(=O)Nc3ccc(-c4ccccc4)cc3)nnc2-c2ccncc2)cc1. The molecule has 0 radical (unpaired) electrons. The maximum Gasteiger partial charge on any atom is 0.234 e. The number of benzene rings is 3. The van der Waals surface area contributed by atoms with Crippen molar-refractivity contribution in [1.82, 2.24) is 19.7 Å². The number of nitrogens with zero attached hydrogens (tertiary/aromatic N) is 4. The fraction of sp³-hybridized carbons (Fsp3) is 0.0714. The first-order chi connectivity index (χ1) is 17.7. The molecule has 0 aliphatic carbocycles. The number of rotatable bonds is 8. The van der Waals surface area contributed by atoms with Crippen LogP contribution in [0.5, 0.6) is 5.75 Å². The number of ether oxygens (including phenoxy) is 1. The number of methoxy groups -OCH3 is 1. The summed E-state index contributed by atoms with van der Waals surface area (Å²) in [5.41, 5.74) is 4.72. The third kappa shape index (κ3) is 5.29. The van der Waals surface area contributed by atoms with Crippen molar-refractivity contribution >= 4 is 23.4 Å². The van der Waals surface area contributed by atoms with Gasteiger partial charge in [0.2, 0.25) is 5.91 Å². The minimum Gasteiger partial charge on any atom is -0.497 e. The van der Waals surface area contributed by atoms with Gasteiger partial charge in [0.15, 0.2) is 11.0 Å². The molecular weight excluding hydrogens is 470 g/mol. The van der Waals surface area contributed by atoms with Crippen molar-refractivity contribution in [2.45, 2.75) is 5.16 Å². The van der Waals surface area contributed by atoms with E-state index in [9.17, 15) is 4.79 Å². The van der Waals surface area contributed by atoms with E-state index in [2.05, 4.69) is 32.6 Å². The Hall–Kier alpha value is -4.43. The van der Waals surface area contributed by atoms with Gasteiger partial charge in [-0.2, -0.15) is 0 Å². The molecule has 8 heteroatoms. The molecule has 0 aliphatic heterocycles. The molecular formula is C28H23N5O2S. The topological polar surface area (TPSA) is 81.9 Å². The van der Waals surface area contributed by atoms with Crippen LogP contribution in [0.4, 0.5) is 5.69 Å². The molecule has 178 valence electrons. The van der Waals surface area contributed by atoms with Gasteiger partial charge >= 0.3 is 0 Å². The van der Waals surface area contributed by atoms with Crippen LogP contribution in [0.15, 0.2) is 109 Å². The van der Waals surface area contributed by atoms with Gasteiger partial charge in [0.05, 0.1) is 12.9 Å². The average molecular weight is 494 g/mol. The molecule has 36 heavy (non-hydrogen) atoms. The van der Waals surface area contributed by atoms with E-state index in [0.717, 1.165) is 33.8 Å². The van der Waals surface area contributed by atoms with E-state index in [-0.39, 0.29) is 11.7 Å². The standard InChI is InChI=1S/C28H23N5O2S/c1-35-25-13-11-24(12-14-25)33-27(22-15-17-29-18-16-22)31-32-28(33)36-19-26(34)30-23-9-7-21(8-10-23)20-5-3-2-4-6-20/h2-18H,19H2,1H3,(H,30,34). The molecule has 0 fully saturated rings. The average Bonchev–Trinajstić information content (AvgIpc) is 3.37. The molecule has 0 spiro atoms. The summed E-state index contributed by atoms with van der Waals surface area (Å²) >= 11 is 1.33. The van der Waals surface area contributed by atoms with Crippen LogP contribution >= 0.6 is 11.8 Å². The van der Waals surface area contributed by atoms with E-state index < -0.39 is 0 Å². The Morgan fingerprint density at radius 2 is 1.53 bits per heavy atom. The zero-order valence-corrected chi connectivity index (χ0v) is 20.4. The van der Waals surface area contributed by atoms with Crippen LogP contribution in [0, 0.1) is 0 Å². The number of anilines is 1. The first kappa shape index (κ1) is 23.3. The number of carbonyl (C=O) groups is 1. The van der Waals surface area contributed by atoms with E-state index in [0.29, 0.717) is 11.0 Å². The normalized spacial score (nSPS) is 10.7. The first-order valence-corrected chi connectivity index (χ1v) is 12.3. The molecule has 1 N–H and O–H groups in total. The van der Waals surface area contributed by atoms with Crippen LogP contribution in [-0.4, -0.2) is 38.5 Å². The second-order valence-corrected chi connectivity index (χ2v) is 8.80. The molecule has 1 amide bonds. The van der Waals surface area contributed by atoms with Gasteiger partial charge in [0.25, 0.3) is 0 Å². The van der Waals surface area contributed by atoms with Crippen molar-refractivity contribution in [2.24, 2.45) is 0 Å². The highest BCUT2D eigenvalue weighted by molar-refractivity contribution is 7.99. The number of pyridine rings is 1. The molecule has 2 aromatic heterocycles. The molecule has 0 unspecified atom stereocenters. The highest BCUT2D eigenvalue weighted by Gasteiger charge is 2.17. The quantitative estimate of drug-likeness (QED) is 0.278. The smallest absolute Gasteiger partial charge is 0.234 e. The second kappa shape index (κ2) is 10.9. The van der Waals surface area contributed by atoms with Gasteiger partial charge < -0.3 is 10.1 Å². The van der Waals surface area contributed by atoms with Crippen LogP contribution in [0.1, 0.15) is 0 Å². The summed E-state index contributed by atoms with van der Waals surface area (Å²) in [5, 5.41) is 12.4. The summed E-state index contributed by atoms with van der Waals surface area (Å²) in [4.78, 5) is 16.8. The molecule has 0 atom stereocenters.